The number of carbonyl (C=O) groups is 2. The van der Waals surface area contributed by atoms with Crippen LogP contribution in [0.4, 0.5) is 11.5 Å². The predicted octanol–water partition coefficient (Wildman–Crippen LogP) is 2.16. The number of nitrogens with two attached hydrogens (primary N) is 1. The van der Waals surface area contributed by atoms with Gasteiger partial charge in [-0.2, -0.15) is 0 Å². The van der Waals surface area contributed by atoms with Crippen molar-refractivity contribution in [2.75, 3.05) is 44.4 Å². The number of aromatic nitrogens is 2. The highest BCUT2D eigenvalue weighted by Gasteiger charge is 2.37. The van der Waals surface area contributed by atoms with Gasteiger partial charge < -0.3 is 25.6 Å². The summed E-state index contributed by atoms with van der Waals surface area (Å²) < 4.78 is 5.27. The SMILES string of the molecule is COCC1C(=O)N(Cc2ccc3c(N)ncnc3c2)CCN1C(=O)CNc1ccc(Cl)cc1. The van der Waals surface area contributed by atoms with Gasteiger partial charge in [-0.1, -0.05) is 17.7 Å². The van der Waals surface area contributed by atoms with Crippen molar-refractivity contribution in [1.82, 2.24) is 19.8 Å². The lowest BCUT2D eigenvalue weighted by molar-refractivity contribution is -0.153. The van der Waals surface area contributed by atoms with E-state index >= 15 is 0 Å². The van der Waals surface area contributed by atoms with Crippen LogP contribution in [0.15, 0.2) is 48.8 Å². The Morgan fingerprint density at radius 3 is 2.76 bits per heavy atom. The number of hydrogen-bond donors (Lipinski definition) is 2. The third-order valence-electron chi connectivity index (χ3n) is 5.62. The number of nitrogens with zero attached hydrogens (tertiary/aromatic N) is 4. The number of carbonyl (C=O) groups excluding carboxylic acids is 2. The fourth-order valence-electron chi connectivity index (χ4n) is 3.90. The lowest BCUT2D eigenvalue weighted by Gasteiger charge is -2.40. The molecule has 3 N–H and O–H groups in total. The second-order valence-corrected chi connectivity index (χ2v) is 8.23. The van der Waals surface area contributed by atoms with Gasteiger partial charge in [-0.15, -0.1) is 0 Å². The summed E-state index contributed by atoms with van der Waals surface area (Å²) in [6, 6.07) is 12.1. The molecule has 0 bridgehead atoms. The lowest BCUT2D eigenvalue weighted by Crippen LogP contribution is -2.60. The van der Waals surface area contributed by atoms with Crippen LogP contribution in [0.25, 0.3) is 10.9 Å². The number of methoxy groups -OCH3 is 1. The minimum Gasteiger partial charge on any atom is -0.383 e. The first-order chi connectivity index (χ1) is 16.0. The first-order valence-electron chi connectivity index (χ1n) is 10.5. The van der Waals surface area contributed by atoms with Crippen molar-refractivity contribution in [3.05, 3.63) is 59.4 Å². The Hall–Kier alpha value is -3.43. The van der Waals surface area contributed by atoms with E-state index in [2.05, 4.69) is 15.3 Å². The van der Waals surface area contributed by atoms with Crippen LogP contribution in [0.2, 0.25) is 5.02 Å². The van der Waals surface area contributed by atoms with Crippen LogP contribution in [0.1, 0.15) is 5.56 Å². The zero-order valence-electron chi connectivity index (χ0n) is 18.2. The van der Waals surface area contributed by atoms with Crippen molar-refractivity contribution in [2.45, 2.75) is 12.6 Å². The largest absolute Gasteiger partial charge is 0.383 e. The van der Waals surface area contributed by atoms with Gasteiger partial charge in [0.1, 0.15) is 18.2 Å². The van der Waals surface area contributed by atoms with Crippen molar-refractivity contribution >= 4 is 45.8 Å². The minimum absolute atomic E-state index is 0.0704. The highest BCUT2D eigenvalue weighted by atomic mass is 35.5. The van der Waals surface area contributed by atoms with Gasteiger partial charge in [0, 0.05) is 42.8 Å². The first kappa shape index (κ1) is 22.8. The number of hydrogen-bond acceptors (Lipinski definition) is 7. The molecular weight excluding hydrogens is 444 g/mol. The molecule has 0 saturated carbocycles. The van der Waals surface area contributed by atoms with Crippen LogP contribution < -0.4 is 11.1 Å². The Labute approximate surface area is 196 Å². The van der Waals surface area contributed by atoms with Crippen LogP contribution in [0.5, 0.6) is 0 Å². The second kappa shape index (κ2) is 10.0. The summed E-state index contributed by atoms with van der Waals surface area (Å²) in [5.41, 5.74) is 8.33. The van der Waals surface area contributed by atoms with Crippen LogP contribution in [0, 0.1) is 0 Å². The van der Waals surface area contributed by atoms with Gasteiger partial charge in [-0.25, -0.2) is 9.97 Å². The monoisotopic (exact) mass is 468 g/mol. The third-order valence-corrected chi connectivity index (χ3v) is 5.87. The van der Waals surface area contributed by atoms with Crippen molar-refractivity contribution < 1.29 is 14.3 Å². The van der Waals surface area contributed by atoms with Crippen molar-refractivity contribution in [3.63, 3.8) is 0 Å². The van der Waals surface area contributed by atoms with E-state index in [1.54, 1.807) is 34.1 Å². The van der Waals surface area contributed by atoms with Gasteiger partial charge in [0.15, 0.2) is 0 Å². The van der Waals surface area contributed by atoms with E-state index in [0.29, 0.717) is 30.5 Å². The molecule has 172 valence electrons. The Morgan fingerprint density at radius 1 is 1.21 bits per heavy atom. The highest BCUT2D eigenvalue weighted by Crippen LogP contribution is 2.21. The molecule has 3 aromatic rings. The Bertz CT molecular complexity index is 1160. The molecule has 1 unspecified atom stereocenters. The normalized spacial score (nSPS) is 16.3. The number of amides is 2. The number of halogens is 1. The molecule has 2 heterocycles. The maximum absolute atomic E-state index is 13.2. The van der Waals surface area contributed by atoms with E-state index < -0.39 is 6.04 Å². The maximum Gasteiger partial charge on any atom is 0.248 e. The summed E-state index contributed by atoms with van der Waals surface area (Å²) in [5.74, 6) is 0.102. The van der Waals surface area contributed by atoms with E-state index in [-0.39, 0.29) is 25.0 Å². The number of ether oxygens (including phenoxy) is 1. The number of piperazine rings is 1. The van der Waals surface area contributed by atoms with Gasteiger partial charge in [-0.3, -0.25) is 9.59 Å². The van der Waals surface area contributed by atoms with Crippen LogP contribution in [-0.2, 0) is 20.9 Å². The first-order valence-corrected chi connectivity index (χ1v) is 10.9. The Balaban J connectivity index is 1.43. The zero-order valence-corrected chi connectivity index (χ0v) is 19.0. The summed E-state index contributed by atoms with van der Waals surface area (Å²) in [7, 11) is 1.52. The molecule has 0 spiro atoms. The Kier molecular flexibility index (Phi) is 6.90. The van der Waals surface area contributed by atoms with Gasteiger partial charge in [-0.05, 0) is 42.0 Å². The lowest BCUT2D eigenvalue weighted by atomic mass is 10.1. The Morgan fingerprint density at radius 2 is 2.00 bits per heavy atom. The molecule has 4 rings (SSSR count). The minimum atomic E-state index is -0.679. The highest BCUT2D eigenvalue weighted by molar-refractivity contribution is 6.30. The molecule has 2 aromatic carbocycles. The van der Waals surface area contributed by atoms with Crippen LogP contribution in [0.3, 0.4) is 0 Å². The van der Waals surface area contributed by atoms with E-state index in [4.69, 9.17) is 22.1 Å². The van der Waals surface area contributed by atoms with E-state index in [0.717, 1.165) is 22.2 Å². The molecule has 9 nitrogen and oxygen atoms in total. The fraction of sp³-hybridized carbons (Fsp3) is 0.304. The number of nitrogens with one attached hydrogen (secondary N) is 1. The second-order valence-electron chi connectivity index (χ2n) is 7.79. The molecule has 33 heavy (non-hydrogen) atoms. The predicted molar refractivity (Wildman–Crippen MR) is 127 cm³/mol. The van der Waals surface area contributed by atoms with Crippen molar-refractivity contribution in [1.29, 1.82) is 0 Å². The molecule has 1 saturated heterocycles. The standard InChI is InChI=1S/C23H25ClN6O3/c1-33-13-20-23(32)29(12-15-2-7-18-19(10-15)27-14-28-22(18)25)8-9-30(20)21(31)11-26-17-5-3-16(24)4-6-17/h2-7,10,14,20,26H,8-9,11-13H2,1H3,(H2,25,27,28). The average molecular weight is 469 g/mol. The molecule has 0 aliphatic carbocycles. The summed E-state index contributed by atoms with van der Waals surface area (Å²) >= 11 is 5.90. The summed E-state index contributed by atoms with van der Waals surface area (Å²) in [6.45, 7) is 1.45. The number of nitrogen functional groups attached to an aromatic ring is 1. The summed E-state index contributed by atoms with van der Waals surface area (Å²) in [4.78, 5) is 37.7. The third kappa shape index (κ3) is 5.15. The smallest absolute Gasteiger partial charge is 0.248 e. The molecule has 0 radical (unpaired) electrons. The topological polar surface area (TPSA) is 114 Å². The van der Waals surface area contributed by atoms with Gasteiger partial charge >= 0.3 is 0 Å². The molecule has 1 aliphatic heterocycles. The zero-order chi connectivity index (χ0) is 23.4. The van der Waals surface area contributed by atoms with Crippen molar-refractivity contribution in [3.8, 4) is 0 Å². The number of benzene rings is 2. The van der Waals surface area contributed by atoms with Gasteiger partial charge in [0.2, 0.25) is 11.8 Å². The fourth-order valence-corrected chi connectivity index (χ4v) is 4.03. The quantitative estimate of drug-likeness (QED) is 0.546. The molecule has 2 amide bonds. The van der Waals surface area contributed by atoms with Crippen LogP contribution in [-0.4, -0.2) is 71.0 Å². The molecule has 1 fully saturated rings. The average Bonchev–Trinajstić information content (AvgIpc) is 2.81. The summed E-state index contributed by atoms with van der Waals surface area (Å²) in [6.07, 6.45) is 1.42. The molecule has 1 aromatic heterocycles. The van der Waals surface area contributed by atoms with Gasteiger partial charge in [0.05, 0.1) is 18.7 Å². The van der Waals surface area contributed by atoms with Gasteiger partial charge in [0.25, 0.3) is 0 Å². The molecule has 1 atom stereocenters. The number of anilines is 2. The summed E-state index contributed by atoms with van der Waals surface area (Å²) in [5, 5.41) is 4.47. The number of rotatable bonds is 7. The van der Waals surface area contributed by atoms with E-state index in [1.807, 2.05) is 18.2 Å². The van der Waals surface area contributed by atoms with Crippen LogP contribution >= 0.6 is 11.6 Å². The maximum atomic E-state index is 13.2. The van der Waals surface area contributed by atoms with E-state index in [1.165, 1.54) is 13.4 Å². The molecular formula is C23H25ClN6O3. The van der Waals surface area contributed by atoms with Crippen molar-refractivity contribution in [2.24, 2.45) is 0 Å². The molecule has 1 aliphatic rings. The number of fused-ring (bicyclic) bond motifs is 1. The van der Waals surface area contributed by atoms with E-state index in [9.17, 15) is 9.59 Å². The molecule has 10 heteroatoms.